The van der Waals surface area contributed by atoms with Gasteiger partial charge in [0.05, 0.1) is 13.2 Å². The van der Waals surface area contributed by atoms with Crippen LogP contribution in [0.3, 0.4) is 0 Å². The second-order valence-electron chi connectivity index (χ2n) is 8.97. The highest BCUT2D eigenvalue weighted by atomic mass is 33.1. The van der Waals surface area contributed by atoms with Gasteiger partial charge in [0.2, 0.25) is 11.8 Å². The van der Waals surface area contributed by atoms with Crippen molar-refractivity contribution in [1.82, 2.24) is 4.90 Å². The number of hydrogen-bond acceptors (Lipinski definition) is 9. The third kappa shape index (κ3) is 17.2. The summed E-state index contributed by atoms with van der Waals surface area (Å²) in [6.07, 6.45) is 13.0. The number of carbonyl (C=O) groups excluding carboxylic acids is 4. The fourth-order valence-electron chi connectivity index (χ4n) is 3.52. The van der Waals surface area contributed by atoms with Gasteiger partial charge in [-0.05, 0) is 12.8 Å². The zero-order chi connectivity index (χ0) is 27.2. The zero-order valence-electron chi connectivity index (χ0n) is 22.8. The van der Waals surface area contributed by atoms with Crippen molar-refractivity contribution in [3.05, 3.63) is 0 Å². The molecule has 0 saturated carbocycles. The van der Waals surface area contributed by atoms with E-state index in [0.29, 0.717) is 12.4 Å². The van der Waals surface area contributed by atoms with Crippen LogP contribution >= 0.6 is 21.6 Å². The van der Waals surface area contributed by atoms with E-state index in [4.69, 9.17) is 15.2 Å². The molecule has 0 saturated heterocycles. The fourth-order valence-corrected chi connectivity index (χ4v) is 5.82. The third-order valence-corrected chi connectivity index (χ3v) is 8.04. The molecule has 0 aliphatic rings. The van der Waals surface area contributed by atoms with Crippen molar-refractivity contribution in [3.8, 4) is 0 Å². The van der Waals surface area contributed by atoms with E-state index in [2.05, 4.69) is 13.8 Å². The molecule has 1 unspecified atom stereocenters. The maximum atomic E-state index is 12.7. The predicted octanol–water partition coefficient (Wildman–Crippen LogP) is 5.27. The highest BCUT2D eigenvalue weighted by Gasteiger charge is 2.32. The lowest BCUT2D eigenvalue weighted by Gasteiger charge is -2.26. The van der Waals surface area contributed by atoms with Gasteiger partial charge in [0.15, 0.2) is 0 Å². The Hall–Kier alpha value is -1.26. The minimum absolute atomic E-state index is 0.151. The molecule has 8 nitrogen and oxygen atoms in total. The maximum absolute atomic E-state index is 12.7. The lowest BCUT2D eigenvalue weighted by molar-refractivity contribution is -0.159. The number of unbranched alkanes of at least 4 members (excludes halogenated alkanes) is 10. The first-order valence-electron chi connectivity index (χ1n) is 13.4. The van der Waals surface area contributed by atoms with Crippen molar-refractivity contribution >= 4 is 45.3 Å². The molecule has 210 valence electrons. The van der Waals surface area contributed by atoms with Gasteiger partial charge in [-0.2, -0.15) is 0 Å². The van der Waals surface area contributed by atoms with Crippen LogP contribution < -0.4 is 5.73 Å². The molecule has 0 aliphatic heterocycles. The highest BCUT2D eigenvalue weighted by molar-refractivity contribution is 8.76. The number of nitrogens with zero attached hydrogens (tertiary/aromatic N) is 1. The normalized spacial score (nSPS) is 12.6. The number of ether oxygens (including phenoxy) is 2. The molecular weight excluding hydrogens is 500 g/mol. The van der Waals surface area contributed by atoms with Crippen molar-refractivity contribution in [2.75, 3.05) is 24.7 Å². The summed E-state index contributed by atoms with van der Waals surface area (Å²) < 4.78 is 10.6. The summed E-state index contributed by atoms with van der Waals surface area (Å²) in [5, 5.41) is 0. The number of esters is 2. The molecule has 0 heterocycles. The minimum atomic E-state index is -1.02. The largest absolute Gasteiger partial charge is 0.465 e. The van der Waals surface area contributed by atoms with Gasteiger partial charge < -0.3 is 15.2 Å². The smallest absolute Gasteiger partial charge is 0.330 e. The van der Waals surface area contributed by atoms with Crippen molar-refractivity contribution in [2.24, 2.45) is 5.73 Å². The molecule has 2 atom stereocenters. The fraction of sp³-hybridized carbons (Fsp3) is 0.846. The van der Waals surface area contributed by atoms with Gasteiger partial charge in [-0.25, -0.2) is 4.79 Å². The number of carbonyl (C=O) groups is 4. The molecule has 2 N–H and O–H groups in total. The van der Waals surface area contributed by atoms with E-state index in [9.17, 15) is 19.2 Å². The Bertz CT molecular complexity index is 622. The first kappa shape index (κ1) is 34.7. The van der Waals surface area contributed by atoms with E-state index in [1.54, 1.807) is 0 Å². The van der Waals surface area contributed by atoms with Gasteiger partial charge >= 0.3 is 11.9 Å². The maximum Gasteiger partial charge on any atom is 0.330 e. The Morgan fingerprint density at radius 1 is 0.667 bits per heavy atom. The predicted molar refractivity (Wildman–Crippen MR) is 149 cm³/mol. The summed E-state index contributed by atoms with van der Waals surface area (Å²) in [7, 11) is 2.58. The van der Waals surface area contributed by atoms with E-state index in [0.717, 1.165) is 49.8 Å². The molecular formula is C26H48N2O6S2. The van der Waals surface area contributed by atoms with E-state index in [1.165, 1.54) is 67.5 Å². The van der Waals surface area contributed by atoms with Gasteiger partial charge in [-0.15, -0.1) is 0 Å². The van der Waals surface area contributed by atoms with Gasteiger partial charge in [-0.1, -0.05) is 99.6 Å². The molecule has 0 rings (SSSR count). The zero-order valence-corrected chi connectivity index (χ0v) is 24.4. The molecule has 0 fully saturated rings. The van der Waals surface area contributed by atoms with Gasteiger partial charge in [-0.3, -0.25) is 19.3 Å². The number of amides is 2. The average molecular weight is 549 g/mol. The third-order valence-electron chi connectivity index (χ3n) is 5.61. The SMILES string of the molecule is CCCCCCCCOC(=O)C(N)CSSC[C@@H](C(=O)OCCCCCCCC)N(C(C)=O)C(C)=O. The number of hydrogen-bond donors (Lipinski definition) is 1. The summed E-state index contributed by atoms with van der Waals surface area (Å²) in [6.45, 7) is 7.47. The average Bonchev–Trinajstić information content (AvgIpc) is 2.83. The quantitative estimate of drug-likeness (QED) is 0.110. The first-order valence-corrected chi connectivity index (χ1v) is 15.9. The summed E-state index contributed by atoms with van der Waals surface area (Å²) >= 11 is 0. The second kappa shape index (κ2) is 22.9. The molecule has 0 spiro atoms. The van der Waals surface area contributed by atoms with Crippen molar-refractivity contribution in [2.45, 2.75) is 117 Å². The molecule has 10 heteroatoms. The Morgan fingerprint density at radius 2 is 1.08 bits per heavy atom. The van der Waals surface area contributed by atoms with Crippen molar-refractivity contribution in [3.63, 3.8) is 0 Å². The van der Waals surface area contributed by atoms with Crippen LogP contribution in [0.25, 0.3) is 0 Å². The van der Waals surface area contributed by atoms with Crippen LogP contribution in [0, 0.1) is 0 Å². The van der Waals surface area contributed by atoms with Crippen LogP contribution in [-0.4, -0.2) is 65.5 Å². The summed E-state index contributed by atoms with van der Waals surface area (Å²) in [5.74, 6) is -1.61. The van der Waals surface area contributed by atoms with Crippen LogP contribution in [-0.2, 0) is 28.7 Å². The second-order valence-corrected chi connectivity index (χ2v) is 11.5. The van der Waals surface area contributed by atoms with E-state index in [1.807, 2.05) is 0 Å². The van der Waals surface area contributed by atoms with Gasteiger partial charge in [0.25, 0.3) is 0 Å². The molecule has 0 aromatic rings. The van der Waals surface area contributed by atoms with Crippen LogP contribution in [0.15, 0.2) is 0 Å². The summed E-state index contributed by atoms with van der Waals surface area (Å²) in [4.78, 5) is 49.8. The van der Waals surface area contributed by atoms with E-state index in [-0.39, 0.29) is 12.4 Å². The minimum Gasteiger partial charge on any atom is -0.465 e. The standard InChI is InChI=1S/C26H48N2O6S2/c1-5-7-9-11-13-15-17-33-25(31)23(27)19-35-36-20-24(28(21(3)29)22(4)30)26(32)34-18-16-14-12-10-8-6-2/h23-24H,5-20,27H2,1-4H3/t23?,24-/m0/s1. The Kier molecular flexibility index (Phi) is 22.1. The Morgan fingerprint density at radius 3 is 1.56 bits per heavy atom. The molecule has 0 aromatic heterocycles. The van der Waals surface area contributed by atoms with Crippen LogP contribution in [0.2, 0.25) is 0 Å². The number of imide groups is 1. The topological polar surface area (TPSA) is 116 Å². The number of nitrogens with two attached hydrogens (primary N) is 1. The van der Waals surface area contributed by atoms with Crippen molar-refractivity contribution in [1.29, 1.82) is 0 Å². The lowest BCUT2D eigenvalue weighted by Crippen LogP contribution is -2.49. The summed E-state index contributed by atoms with van der Waals surface area (Å²) in [5.41, 5.74) is 5.94. The first-order chi connectivity index (χ1) is 17.3. The van der Waals surface area contributed by atoms with Crippen molar-refractivity contribution < 1.29 is 28.7 Å². The monoisotopic (exact) mass is 548 g/mol. The molecule has 0 aliphatic carbocycles. The van der Waals surface area contributed by atoms with Crippen LogP contribution in [0.4, 0.5) is 0 Å². The lowest BCUT2D eigenvalue weighted by atomic mass is 10.1. The van der Waals surface area contributed by atoms with Gasteiger partial charge in [0, 0.05) is 25.4 Å². The van der Waals surface area contributed by atoms with Crippen LogP contribution in [0.1, 0.15) is 105 Å². The highest BCUT2D eigenvalue weighted by Crippen LogP contribution is 2.25. The Balaban J connectivity index is 4.47. The van der Waals surface area contributed by atoms with E-state index >= 15 is 0 Å². The van der Waals surface area contributed by atoms with Gasteiger partial charge in [0.1, 0.15) is 12.1 Å². The molecule has 0 radical (unpaired) electrons. The molecule has 0 aromatic carbocycles. The molecule has 36 heavy (non-hydrogen) atoms. The summed E-state index contributed by atoms with van der Waals surface area (Å²) in [6, 6.07) is -1.80. The number of rotatable bonds is 22. The Labute approximate surface area is 225 Å². The van der Waals surface area contributed by atoms with Crippen LogP contribution in [0.5, 0.6) is 0 Å². The molecule has 0 bridgehead atoms. The molecule has 2 amide bonds. The van der Waals surface area contributed by atoms with E-state index < -0.39 is 35.8 Å².